The number of hydrogen-bond donors (Lipinski definition) is 0. The van der Waals surface area contributed by atoms with Crippen LogP contribution in [0.1, 0.15) is 21.5 Å². The predicted molar refractivity (Wildman–Crippen MR) is 77.8 cm³/mol. The van der Waals surface area contributed by atoms with Gasteiger partial charge in [0.2, 0.25) is 0 Å². The van der Waals surface area contributed by atoms with E-state index in [0.717, 1.165) is 24.3 Å². The second kappa shape index (κ2) is 5.14. The van der Waals surface area contributed by atoms with Crippen LogP contribution in [0, 0.1) is 5.82 Å². The molecule has 0 N–H and O–H groups in total. The summed E-state index contributed by atoms with van der Waals surface area (Å²) in [5.74, 6) is 0.665. The van der Waals surface area contributed by atoms with Crippen molar-refractivity contribution in [3.63, 3.8) is 0 Å². The molecule has 1 aliphatic heterocycles. The van der Waals surface area contributed by atoms with Gasteiger partial charge in [0.25, 0.3) is 0 Å². The molecule has 1 nitrogen and oxygen atoms in total. The second-order valence-corrected chi connectivity index (χ2v) is 5.85. The predicted octanol–water partition coefficient (Wildman–Crippen LogP) is 4.90. The summed E-state index contributed by atoms with van der Waals surface area (Å²) in [6, 6.07) is 10.5. The lowest BCUT2D eigenvalue weighted by atomic mass is 10.0. The summed E-state index contributed by atoms with van der Waals surface area (Å²) in [6.07, 6.45) is 0.904. The Morgan fingerprint density at radius 3 is 2.89 bits per heavy atom. The highest BCUT2D eigenvalue weighted by atomic mass is 79.9. The number of fused-ring (bicyclic) bond motifs is 1. The molecule has 0 amide bonds. The van der Waals surface area contributed by atoms with E-state index in [9.17, 15) is 4.39 Å². The van der Waals surface area contributed by atoms with Crippen LogP contribution in [0.4, 0.5) is 4.39 Å². The third kappa shape index (κ3) is 2.49. The lowest BCUT2D eigenvalue weighted by Crippen LogP contribution is -1.97. The van der Waals surface area contributed by atoms with E-state index in [4.69, 9.17) is 16.3 Å². The molecule has 19 heavy (non-hydrogen) atoms. The van der Waals surface area contributed by atoms with E-state index in [1.165, 1.54) is 11.6 Å². The molecule has 1 aliphatic rings. The molecule has 0 saturated heterocycles. The fourth-order valence-electron chi connectivity index (χ4n) is 2.25. The van der Waals surface area contributed by atoms with Crippen LogP contribution in [-0.2, 0) is 6.42 Å². The van der Waals surface area contributed by atoms with Gasteiger partial charge in [-0.15, -0.1) is 0 Å². The largest absolute Gasteiger partial charge is 0.493 e. The van der Waals surface area contributed by atoms with Crippen molar-refractivity contribution in [1.82, 2.24) is 0 Å². The number of halogens is 3. The minimum absolute atomic E-state index is 0.211. The van der Waals surface area contributed by atoms with Crippen molar-refractivity contribution in [3.8, 4) is 5.75 Å². The maximum Gasteiger partial charge on any atom is 0.127 e. The maximum absolute atomic E-state index is 13.9. The summed E-state index contributed by atoms with van der Waals surface area (Å²) >= 11 is 9.48. The Bertz CT molecular complexity index is 630. The molecule has 0 spiro atoms. The van der Waals surface area contributed by atoms with Gasteiger partial charge in [-0.2, -0.15) is 0 Å². The van der Waals surface area contributed by atoms with E-state index < -0.39 is 0 Å². The zero-order chi connectivity index (χ0) is 13.4. The van der Waals surface area contributed by atoms with Crippen molar-refractivity contribution in [1.29, 1.82) is 0 Å². The van der Waals surface area contributed by atoms with Crippen molar-refractivity contribution < 1.29 is 9.13 Å². The van der Waals surface area contributed by atoms with Crippen LogP contribution in [0.5, 0.6) is 5.75 Å². The van der Waals surface area contributed by atoms with Gasteiger partial charge in [-0.3, -0.25) is 0 Å². The maximum atomic E-state index is 13.9. The van der Waals surface area contributed by atoms with Gasteiger partial charge < -0.3 is 4.74 Å². The lowest BCUT2D eigenvalue weighted by molar-refractivity contribution is 0.357. The number of benzene rings is 2. The molecule has 2 aromatic rings. The molecule has 98 valence electrons. The van der Waals surface area contributed by atoms with E-state index in [2.05, 4.69) is 22.0 Å². The van der Waals surface area contributed by atoms with Gasteiger partial charge in [0.1, 0.15) is 11.6 Å². The first kappa shape index (κ1) is 12.9. The van der Waals surface area contributed by atoms with Gasteiger partial charge in [-0.25, -0.2) is 4.39 Å². The molecule has 1 unspecified atom stereocenters. The molecule has 2 aromatic carbocycles. The Balaban J connectivity index is 1.99. The average Bonchev–Trinajstić information content (AvgIpc) is 2.88. The Morgan fingerprint density at radius 2 is 2.05 bits per heavy atom. The molecular formula is C15H11BrClFO. The van der Waals surface area contributed by atoms with Gasteiger partial charge in [0.15, 0.2) is 0 Å². The van der Waals surface area contributed by atoms with Crippen LogP contribution >= 0.6 is 27.5 Å². The molecule has 0 aromatic heterocycles. The van der Waals surface area contributed by atoms with Crippen LogP contribution in [0.2, 0.25) is 5.02 Å². The quantitative estimate of drug-likeness (QED) is 0.706. The molecule has 4 heteroatoms. The topological polar surface area (TPSA) is 9.23 Å². The highest BCUT2D eigenvalue weighted by Crippen LogP contribution is 2.37. The SMILES string of the molecule is Fc1ccc(Cl)cc1C(Br)c1ccc2c(c1)CCO2. The minimum Gasteiger partial charge on any atom is -0.493 e. The number of ether oxygens (including phenoxy) is 1. The minimum atomic E-state index is -0.261. The summed E-state index contributed by atoms with van der Waals surface area (Å²) in [4.78, 5) is -0.211. The molecule has 0 bridgehead atoms. The van der Waals surface area contributed by atoms with Crippen LogP contribution in [0.3, 0.4) is 0 Å². The lowest BCUT2D eigenvalue weighted by Gasteiger charge is -2.13. The summed E-state index contributed by atoms with van der Waals surface area (Å²) in [6.45, 7) is 0.720. The van der Waals surface area contributed by atoms with Crippen LogP contribution in [-0.4, -0.2) is 6.61 Å². The third-order valence-corrected chi connectivity index (χ3v) is 4.49. The number of hydrogen-bond acceptors (Lipinski definition) is 1. The van der Waals surface area contributed by atoms with E-state index in [1.54, 1.807) is 12.1 Å². The van der Waals surface area contributed by atoms with Gasteiger partial charge in [-0.05, 0) is 35.4 Å². The monoisotopic (exact) mass is 340 g/mol. The number of alkyl halides is 1. The Kier molecular flexibility index (Phi) is 3.50. The van der Waals surface area contributed by atoms with Crippen LogP contribution < -0.4 is 4.74 Å². The summed E-state index contributed by atoms with van der Waals surface area (Å²) < 4.78 is 19.3. The fourth-order valence-corrected chi connectivity index (χ4v) is 3.07. The van der Waals surface area contributed by atoms with Crippen molar-refractivity contribution >= 4 is 27.5 Å². The van der Waals surface area contributed by atoms with E-state index in [0.29, 0.717) is 10.6 Å². The van der Waals surface area contributed by atoms with Crippen LogP contribution in [0.25, 0.3) is 0 Å². The second-order valence-electron chi connectivity index (χ2n) is 4.49. The average molecular weight is 342 g/mol. The zero-order valence-corrected chi connectivity index (χ0v) is 12.3. The normalized spacial score (nSPS) is 14.9. The Morgan fingerprint density at radius 1 is 1.21 bits per heavy atom. The van der Waals surface area contributed by atoms with Gasteiger partial charge >= 0.3 is 0 Å². The van der Waals surface area contributed by atoms with Crippen LogP contribution in [0.15, 0.2) is 36.4 Å². The Labute approximate surface area is 124 Å². The first-order valence-electron chi connectivity index (χ1n) is 6.00. The smallest absolute Gasteiger partial charge is 0.127 e. The highest BCUT2D eigenvalue weighted by molar-refractivity contribution is 9.09. The summed E-state index contributed by atoms with van der Waals surface area (Å²) in [7, 11) is 0. The van der Waals surface area contributed by atoms with E-state index in [1.807, 2.05) is 12.1 Å². The molecule has 0 saturated carbocycles. The molecule has 0 fully saturated rings. The third-order valence-electron chi connectivity index (χ3n) is 3.24. The number of rotatable bonds is 2. The van der Waals surface area contributed by atoms with Gasteiger partial charge in [0.05, 0.1) is 11.4 Å². The molecule has 3 rings (SSSR count). The highest BCUT2D eigenvalue weighted by Gasteiger charge is 2.19. The van der Waals surface area contributed by atoms with Crippen molar-refractivity contribution in [3.05, 3.63) is 63.9 Å². The van der Waals surface area contributed by atoms with Gasteiger partial charge in [-0.1, -0.05) is 39.7 Å². The van der Waals surface area contributed by atoms with Crippen molar-refractivity contribution in [2.45, 2.75) is 11.2 Å². The molecule has 0 aliphatic carbocycles. The first-order chi connectivity index (χ1) is 9.15. The summed E-state index contributed by atoms with van der Waals surface area (Å²) in [5.41, 5.74) is 2.72. The summed E-state index contributed by atoms with van der Waals surface area (Å²) in [5, 5.41) is 0.533. The zero-order valence-electron chi connectivity index (χ0n) is 10.00. The Hall–Kier alpha value is -1.06. The molecule has 1 atom stereocenters. The first-order valence-corrected chi connectivity index (χ1v) is 7.29. The molecule has 0 radical (unpaired) electrons. The van der Waals surface area contributed by atoms with Crippen molar-refractivity contribution in [2.75, 3.05) is 6.61 Å². The standard InChI is InChI=1S/C15H11BrClFO/c16-15(12-8-11(17)2-3-13(12)18)10-1-4-14-9(7-10)5-6-19-14/h1-4,7-8,15H,5-6H2. The van der Waals surface area contributed by atoms with Crippen molar-refractivity contribution in [2.24, 2.45) is 0 Å². The molecule has 1 heterocycles. The van der Waals surface area contributed by atoms with E-state index >= 15 is 0 Å². The van der Waals surface area contributed by atoms with E-state index in [-0.39, 0.29) is 10.6 Å². The fraction of sp³-hybridized carbons (Fsp3) is 0.200. The van der Waals surface area contributed by atoms with Gasteiger partial charge in [0, 0.05) is 17.0 Å². The molecular weight excluding hydrogens is 331 g/mol.